The Labute approximate surface area is 114 Å². The Morgan fingerprint density at radius 2 is 0.889 bits per heavy atom. The van der Waals surface area contributed by atoms with Crippen LogP contribution in [0.25, 0.3) is 0 Å². The van der Waals surface area contributed by atoms with Crippen molar-refractivity contribution in [1.82, 2.24) is 16.0 Å². The van der Waals surface area contributed by atoms with Gasteiger partial charge < -0.3 is 16.0 Å². The summed E-state index contributed by atoms with van der Waals surface area (Å²) in [5, 5.41) is 10.3. The van der Waals surface area contributed by atoms with E-state index in [4.69, 9.17) is 0 Å². The van der Waals surface area contributed by atoms with Crippen molar-refractivity contribution in [2.24, 2.45) is 0 Å². The van der Waals surface area contributed by atoms with Gasteiger partial charge in [-0.05, 0) is 81.4 Å². The molecule has 3 N–H and O–H groups in total. The molecule has 0 amide bonds. The van der Waals surface area contributed by atoms with Gasteiger partial charge in [-0.1, -0.05) is 0 Å². The summed E-state index contributed by atoms with van der Waals surface area (Å²) >= 11 is 0. The van der Waals surface area contributed by atoms with Gasteiger partial charge in [0, 0.05) is 16.6 Å². The summed E-state index contributed by atoms with van der Waals surface area (Å²) < 4.78 is 0. The standard InChI is InChI=1S/C15H35N3/c1-13(2,16-6)9-11-15(5,18-8)12-10-14(3,4)17-7/h16-18H,9-12H2,1-8H3. The summed E-state index contributed by atoms with van der Waals surface area (Å²) in [5.74, 6) is 0. The molecule has 3 heteroatoms. The SMILES string of the molecule is CNC(C)(C)CCC(C)(CCC(C)(C)NC)NC. The molecule has 3 nitrogen and oxygen atoms in total. The van der Waals surface area contributed by atoms with Crippen LogP contribution in [0.5, 0.6) is 0 Å². The van der Waals surface area contributed by atoms with Gasteiger partial charge in [-0.3, -0.25) is 0 Å². The number of rotatable bonds is 9. The minimum absolute atomic E-state index is 0.219. The summed E-state index contributed by atoms with van der Waals surface area (Å²) in [5.41, 5.74) is 0.662. The topological polar surface area (TPSA) is 36.1 Å². The van der Waals surface area contributed by atoms with Gasteiger partial charge in [0.1, 0.15) is 0 Å². The second-order valence-corrected chi connectivity index (χ2v) is 7.08. The Morgan fingerprint density at radius 3 is 1.11 bits per heavy atom. The van der Waals surface area contributed by atoms with Gasteiger partial charge in [-0.25, -0.2) is 0 Å². The lowest BCUT2D eigenvalue weighted by Gasteiger charge is -2.36. The molecule has 0 spiro atoms. The Kier molecular flexibility index (Phi) is 6.83. The van der Waals surface area contributed by atoms with Crippen molar-refractivity contribution in [1.29, 1.82) is 0 Å². The van der Waals surface area contributed by atoms with Gasteiger partial charge in [-0.15, -0.1) is 0 Å². The molecule has 0 atom stereocenters. The molecule has 0 radical (unpaired) electrons. The highest BCUT2D eigenvalue weighted by molar-refractivity contribution is 4.89. The molecule has 0 aliphatic carbocycles. The first kappa shape index (κ1) is 17.9. The van der Waals surface area contributed by atoms with Crippen LogP contribution < -0.4 is 16.0 Å². The summed E-state index contributed by atoms with van der Waals surface area (Å²) in [6, 6.07) is 0. The average molecular weight is 257 g/mol. The maximum atomic E-state index is 3.52. The highest BCUT2D eigenvalue weighted by Gasteiger charge is 2.28. The summed E-state index contributed by atoms with van der Waals surface area (Å²) in [6.07, 6.45) is 4.75. The van der Waals surface area contributed by atoms with Crippen molar-refractivity contribution in [3.63, 3.8) is 0 Å². The van der Waals surface area contributed by atoms with E-state index in [1.165, 1.54) is 25.7 Å². The lowest BCUT2D eigenvalue weighted by molar-refractivity contribution is 0.243. The van der Waals surface area contributed by atoms with Crippen LogP contribution in [0.1, 0.15) is 60.3 Å². The fraction of sp³-hybridized carbons (Fsp3) is 1.00. The van der Waals surface area contributed by atoms with Crippen LogP contribution in [0.4, 0.5) is 0 Å². The number of hydrogen-bond acceptors (Lipinski definition) is 3. The minimum atomic E-state index is 0.219. The average Bonchev–Trinajstić information content (AvgIpc) is 2.34. The molecule has 18 heavy (non-hydrogen) atoms. The zero-order chi connectivity index (χ0) is 14.4. The maximum absolute atomic E-state index is 3.52. The summed E-state index contributed by atoms with van der Waals surface area (Å²) in [7, 11) is 6.17. The first-order valence-electron chi connectivity index (χ1n) is 7.16. The fourth-order valence-electron chi connectivity index (χ4n) is 1.80. The number of nitrogens with one attached hydrogen (secondary N) is 3. The molecule has 0 bridgehead atoms. The smallest absolute Gasteiger partial charge is 0.0151 e. The zero-order valence-corrected chi connectivity index (χ0v) is 13.8. The molecule has 0 aromatic rings. The van der Waals surface area contributed by atoms with Crippen molar-refractivity contribution >= 4 is 0 Å². The van der Waals surface area contributed by atoms with Gasteiger partial charge in [0.2, 0.25) is 0 Å². The molecule has 0 unspecified atom stereocenters. The molecule has 0 aliphatic heterocycles. The highest BCUT2D eigenvalue weighted by Crippen LogP contribution is 2.26. The minimum Gasteiger partial charge on any atom is -0.315 e. The molecular formula is C15H35N3. The number of hydrogen-bond donors (Lipinski definition) is 3. The third-order valence-electron chi connectivity index (χ3n) is 4.56. The summed E-state index contributed by atoms with van der Waals surface area (Å²) in [4.78, 5) is 0. The van der Waals surface area contributed by atoms with Crippen LogP contribution in [0.3, 0.4) is 0 Å². The third kappa shape index (κ3) is 6.72. The van der Waals surface area contributed by atoms with E-state index in [-0.39, 0.29) is 16.6 Å². The van der Waals surface area contributed by atoms with Crippen molar-refractivity contribution < 1.29 is 0 Å². The lowest BCUT2D eigenvalue weighted by atomic mass is 9.82. The molecule has 0 aliphatic rings. The van der Waals surface area contributed by atoms with E-state index in [0.29, 0.717) is 0 Å². The van der Waals surface area contributed by atoms with Gasteiger partial charge in [0.15, 0.2) is 0 Å². The van der Waals surface area contributed by atoms with Crippen molar-refractivity contribution in [3.05, 3.63) is 0 Å². The van der Waals surface area contributed by atoms with Crippen LogP contribution in [-0.2, 0) is 0 Å². The van der Waals surface area contributed by atoms with Crippen LogP contribution in [0.15, 0.2) is 0 Å². The Balaban J connectivity index is 4.35. The van der Waals surface area contributed by atoms with Crippen LogP contribution >= 0.6 is 0 Å². The predicted molar refractivity (Wildman–Crippen MR) is 82.2 cm³/mol. The molecule has 0 heterocycles. The van der Waals surface area contributed by atoms with E-state index in [2.05, 4.69) is 57.6 Å². The molecule has 0 aromatic heterocycles. The van der Waals surface area contributed by atoms with Crippen LogP contribution in [0.2, 0.25) is 0 Å². The quantitative estimate of drug-likeness (QED) is 0.594. The van der Waals surface area contributed by atoms with E-state index in [1.54, 1.807) is 0 Å². The molecule has 0 rings (SSSR count). The largest absolute Gasteiger partial charge is 0.315 e. The Morgan fingerprint density at radius 1 is 0.556 bits per heavy atom. The highest BCUT2D eigenvalue weighted by atomic mass is 15.0. The normalized spacial score (nSPS) is 14.0. The van der Waals surface area contributed by atoms with E-state index in [1.807, 2.05) is 14.1 Å². The summed E-state index contributed by atoms with van der Waals surface area (Å²) in [6.45, 7) is 11.4. The third-order valence-corrected chi connectivity index (χ3v) is 4.56. The van der Waals surface area contributed by atoms with Gasteiger partial charge in [0.25, 0.3) is 0 Å². The van der Waals surface area contributed by atoms with Gasteiger partial charge in [0.05, 0.1) is 0 Å². The van der Waals surface area contributed by atoms with Crippen molar-refractivity contribution in [3.8, 4) is 0 Å². The lowest BCUT2D eigenvalue weighted by Crippen LogP contribution is -2.46. The van der Waals surface area contributed by atoms with E-state index >= 15 is 0 Å². The van der Waals surface area contributed by atoms with Gasteiger partial charge >= 0.3 is 0 Å². The van der Waals surface area contributed by atoms with Gasteiger partial charge in [-0.2, -0.15) is 0 Å². The molecule has 110 valence electrons. The van der Waals surface area contributed by atoms with Crippen LogP contribution in [0, 0.1) is 0 Å². The molecule has 0 saturated heterocycles. The Bertz CT molecular complexity index is 214. The maximum Gasteiger partial charge on any atom is 0.0151 e. The van der Waals surface area contributed by atoms with E-state index < -0.39 is 0 Å². The molecule has 0 fully saturated rings. The first-order valence-corrected chi connectivity index (χ1v) is 7.16. The van der Waals surface area contributed by atoms with Crippen molar-refractivity contribution in [2.45, 2.75) is 76.9 Å². The monoisotopic (exact) mass is 257 g/mol. The van der Waals surface area contributed by atoms with Crippen molar-refractivity contribution in [2.75, 3.05) is 21.1 Å². The second kappa shape index (κ2) is 6.88. The molecule has 0 saturated carbocycles. The molecular weight excluding hydrogens is 222 g/mol. The first-order chi connectivity index (χ1) is 8.10. The molecule has 0 aromatic carbocycles. The second-order valence-electron chi connectivity index (χ2n) is 7.08. The van der Waals surface area contributed by atoms with Crippen LogP contribution in [-0.4, -0.2) is 37.8 Å². The zero-order valence-electron chi connectivity index (χ0n) is 13.8. The van der Waals surface area contributed by atoms with E-state index in [9.17, 15) is 0 Å². The Hall–Kier alpha value is -0.120. The fourth-order valence-corrected chi connectivity index (χ4v) is 1.80. The predicted octanol–water partition coefficient (Wildman–Crippen LogP) is 2.52. The van der Waals surface area contributed by atoms with E-state index in [0.717, 1.165) is 0 Å².